The highest BCUT2D eigenvalue weighted by Crippen LogP contribution is 2.42. The quantitative estimate of drug-likeness (QED) is 0.693. The first-order valence-corrected chi connectivity index (χ1v) is 11.2. The van der Waals surface area contributed by atoms with Crippen molar-refractivity contribution in [2.45, 2.75) is 32.1 Å². The molecule has 0 bridgehead atoms. The molecule has 0 N–H and O–H groups in total. The molecule has 0 aliphatic carbocycles. The van der Waals surface area contributed by atoms with E-state index in [4.69, 9.17) is 23.2 Å². The van der Waals surface area contributed by atoms with Crippen LogP contribution in [-0.2, 0) is 14.6 Å². The first-order valence-electron chi connectivity index (χ1n) is 7.72. The summed E-state index contributed by atoms with van der Waals surface area (Å²) in [4.78, 5) is 18.5. The lowest BCUT2D eigenvalue weighted by molar-refractivity contribution is -0.124. The Balaban J connectivity index is 2.05. The normalized spacial score (nSPS) is 26.9. The van der Waals surface area contributed by atoms with Crippen molar-refractivity contribution >= 4 is 61.6 Å². The predicted octanol–water partition coefficient (Wildman–Crippen LogP) is 3.64. The van der Waals surface area contributed by atoms with Gasteiger partial charge in [0.25, 0.3) is 5.91 Å². The van der Waals surface area contributed by atoms with Crippen LogP contribution in [0.15, 0.2) is 23.2 Å². The van der Waals surface area contributed by atoms with Gasteiger partial charge in [0.1, 0.15) is 0 Å². The SMILES string of the molecule is CC(C)(C)C(=O)N=C1S[C@H]2CS(=O)(=O)C[C@H]2N1c1ccc(Cl)c(Cl)c1. The van der Waals surface area contributed by atoms with Crippen molar-refractivity contribution < 1.29 is 13.2 Å². The molecule has 1 amide bonds. The Hall–Kier alpha value is -0.760. The van der Waals surface area contributed by atoms with Crippen LogP contribution in [0.2, 0.25) is 10.0 Å². The minimum absolute atomic E-state index is 0.0354. The molecule has 1 aromatic carbocycles. The van der Waals surface area contributed by atoms with Crippen LogP contribution >= 0.6 is 35.0 Å². The van der Waals surface area contributed by atoms with Crippen LogP contribution in [0.3, 0.4) is 0 Å². The topological polar surface area (TPSA) is 66.8 Å². The number of halogens is 2. The Kier molecular flexibility index (Phi) is 4.90. The first-order chi connectivity index (χ1) is 11.5. The highest BCUT2D eigenvalue weighted by atomic mass is 35.5. The number of nitrogens with zero attached hydrogens (tertiary/aromatic N) is 2. The van der Waals surface area contributed by atoms with Crippen molar-refractivity contribution in [1.82, 2.24) is 0 Å². The lowest BCUT2D eigenvalue weighted by atomic mass is 9.96. The standard InChI is InChI=1S/C16H18Cl2N2O3S2/c1-16(2,3)14(21)19-15-20(9-4-5-10(17)11(18)6-9)12-7-25(22,23)8-13(12)24-15/h4-6,12-13H,7-8H2,1-3H3/t12-,13+/m1/s1. The highest BCUT2D eigenvalue weighted by Gasteiger charge is 2.49. The van der Waals surface area contributed by atoms with Gasteiger partial charge in [-0.3, -0.25) is 4.79 Å². The van der Waals surface area contributed by atoms with E-state index in [-0.39, 0.29) is 28.7 Å². The molecule has 25 heavy (non-hydrogen) atoms. The fourth-order valence-electron chi connectivity index (χ4n) is 2.76. The lowest BCUT2D eigenvalue weighted by Gasteiger charge is -2.25. The molecule has 1 aromatic rings. The summed E-state index contributed by atoms with van der Waals surface area (Å²) >= 11 is 13.5. The number of amides is 1. The summed E-state index contributed by atoms with van der Waals surface area (Å²) in [5.41, 5.74) is 0.0765. The number of carbonyl (C=O) groups excluding carboxylic acids is 1. The third kappa shape index (κ3) is 3.84. The third-order valence-electron chi connectivity index (χ3n) is 4.09. The maximum Gasteiger partial charge on any atom is 0.253 e. The van der Waals surface area contributed by atoms with Crippen LogP contribution in [0.4, 0.5) is 5.69 Å². The molecule has 9 heteroatoms. The van der Waals surface area contributed by atoms with E-state index in [0.717, 1.165) is 0 Å². The third-order valence-corrected chi connectivity index (χ3v) is 8.04. The van der Waals surface area contributed by atoms with Gasteiger partial charge in [0, 0.05) is 16.4 Å². The van der Waals surface area contributed by atoms with E-state index in [1.54, 1.807) is 39.0 Å². The molecule has 2 heterocycles. The number of hydrogen-bond donors (Lipinski definition) is 0. The van der Waals surface area contributed by atoms with Gasteiger partial charge in [-0.25, -0.2) is 8.42 Å². The maximum absolute atomic E-state index is 12.4. The van der Waals surface area contributed by atoms with Gasteiger partial charge in [-0.15, -0.1) is 0 Å². The number of amidine groups is 1. The van der Waals surface area contributed by atoms with Crippen LogP contribution in [0.25, 0.3) is 0 Å². The Morgan fingerprint density at radius 1 is 1.24 bits per heavy atom. The van der Waals surface area contributed by atoms with Gasteiger partial charge in [0.05, 0.1) is 27.6 Å². The smallest absolute Gasteiger partial charge is 0.253 e. The molecule has 3 rings (SSSR count). The van der Waals surface area contributed by atoms with Gasteiger partial charge in [0.15, 0.2) is 15.0 Å². The zero-order valence-electron chi connectivity index (χ0n) is 14.0. The molecule has 0 radical (unpaired) electrons. The fraction of sp³-hybridized carbons (Fsp3) is 0.500. The van der Waals surface area contributed by atoms with Crippen molar-refractivity contribution in [2.75, 3.05) is 16.4 Å². The number of benzene rings is 1. The second-order valence-electron chi connectivity index (χ2n) is 7.22. The van der Waals surface area contributed by atoms with Crippen molar-refractivity contribution in [1.29, 1.82) is 0 Å². The summed E-state index contributed by atoms with van der Waals surface area (Å²) in [5.74, 6) is -0.126. The summed E-state index contributed by atoms with van der Waals surface area (Å²) in [6.45, 7) is 5.40. The van der Waals surface area contributed by atoms with Gasteiger partial charge in [0.2, 0.25) is 0 Å². The summed E-state index contributed by atoms with van der Waals surface area (Å²) in [5, 5.41) is 1.15. The summed E-state index contributed by atoms with van der Waals surface area (Å²) in [6.07, 6.45) is 0. The van der Waals surface area contributed by atoms with Crippen LogP contribution in [-0.4, -0.2) is 42.3 Å². The van der Waals surface area contributed by atoms with Crippen LogP contribution < -0.4 is 4.90 Å². The fourth-order valence-corrected chi connectivity index (χ4v) is 6.96. The number of aliphatic imine (C=N–C) groups is 1. The Morgan fingerprint density at radius 2 is 1.92 bits per heavy atom. The summed E-state index contributed by atoms with van der Waals surface area (Å²) in [7, 11) is -3.11. The van der Waals surface area contributed by atoms with E-state index in [0.29, 0.717) is 20.9 Å². The van der Waals surface area contributed by atoms with Crippen molar-refractivity contribution in [3.8, 4) is 0 Å². The maximum atomic E-state index is 12.4. The average Bonchev–Trinajstić information content (AvgIpc) is 2.92. The second kappa shape index (κ2) is 6.44. The number of thioether (sulfide) groups is 1. The van der Waals surface area contributed by atoms with E-state index in [1.165, 1.54) is 11.8 Å². The molecule has 0 unspecified atom stereocenters. The molecule has 0 aromatic heterocycles. The van der Waals surface area contributed by atoms with Crippen LogP contribution in [0.5, 0.6) is 0 Å². The first kappa shape index (κ1) is 19.0. The zero-order chi connectivity index (χ0) is 18.6. The number of carbonyl (C=O) groups is 1. The van der Waals surface area contributed by atoms with E-state index in [9.17, 15) is 13.2 Å². The molecule has 2 aliphatic heterocycles. The minimum Gasteiger partial charge on any atom is -0.316 e. The Bertz CT molecular complexity index is 863. The lowest BCUT2D eigenvalue weighted by Crippen LogP contribution is -2.38. The molecule has 2 fully saturated rings. The van der Waals surface area contributed by atoms with Gasteiger partial charge in [-0.1, -0.05) is 55.7 Å². The summed E-state index contributed by atoms with van der Waals surface area (Å²) in [6, 6.07) is 4.83. The summed E-state index contributed by atoms with van der Waals surface area (Å²) < 4.78 is 24.1. The number of anilines is 1. The molecule has 5 nitrogen and oxygen atoms in total. The molecule has 136 valence electrons. The van der Waals surface area contributed by atoms with Gasteiger partial charge in [-0.05, 0) is 18.2 Å². The molecular weight excluding hydrogens is 403 g/mol. The van der Waals surface area contributed by atoms with E-state index in [2.05, 4.69) is 4.99 Å². The number of rotatable bonds is 1. The molecule has 2 atom stereocenters. The highest BCUT2D eigenvalue weighted by molar-refractivity contribution is 8.16. The predicted molar refractivity (Wildman–Crippen MR) is 105 cm³/mol. The molecular formula is C16H18Cl2N2O3S2. The Morgan fingerprint density at radius 3 is 2.52 bits per heavy atom. The van der Waals surface area contributed by atoms with Crippen LogP contribution in [0.1, 0.15) is 20.8 Å². The second-order valence-corrected chi connectivity index (χ2v) is 11.4. The van der Waals surface area contributed by atoms with Crippen molar-refractivity contribution in [3.63, 3.8) is 0 Å². The van der Waals surface area contributed by atoms with Crippen molar-refractivity contribution in [2.24, 2.45) is 10.4 Å². The number of sulfone groups is 1. The van der Waals surface area contributed by atoms with Gasteiger partial charge in [-0.2, -0.15) is 4.99 Å². The molecule has 0 spiro atoms. The van der Waals surface area contributed by atoms with E-state index in [1.807, 2.05) is 4.90 Å². The largest absolute Gasteiger partial charge is 0.316 e. The number of hydrogen-bond acceptors (Lipinski definition) is 4. The molecule has 0 saturated carbocycles. The van der Waals surface area contributed by atoms with E-state index < -0.39 is 15.3 Å². The zero-order valence-corrected chi connectivity index (χ0v) is 17.1. The van der Waals surface area contributed by atoms with E-state index >= 15 is 0 Å². The monoisotopic (exact) mass is 420 g/mol. The van der Waals surface area contributed by atoms with Gasteiger partial charge < -0.3 is 4.90 Å². The average molecular weight is 421 g/mol. The molecule has 2 aliphatic rings. The van der Waals surface area contributed by atoms with Crippen molar-refractivity contribution in [3.05, 3.63) is 28.2 Å². The minimum atomic E-state index is -3.11. The van der Waals surface area contributed by atoms with Gasteiger partial charge >= 0.3 is 0 Å². The molecule has 2 saturated heterocycles. The van der Waals surface area contributed by atoms with Crippen LogP contribution in [0, 0.1) is 5.41 Å². The Labute approximate surface area is 161 Å². The number of fused-ring (bicyclic) bond motifs is 1.